The van der Waals surface area contributed by atoms with Gasteiger partial charge in [0.1, 0.15) is 0 Å². The molecule has 2 aromatic rings. The number of nitrogens with zero attached hydrogens (tertiary/aromatic N) is 4. The van der Waals surface area contributed by atoms with Crippen molar-refractivity contribution in [1.29, 1.82) is 0 Å². The van der Waals surface area contributed by atoms with E-state index in [9.17, 15) is 14.7 Å². The summed E-state index contributed by atoms with van der Waals surface area (Å²) >= 11 is 0. The van der Waals surface area contributed by atoms with Crippen molar-refractivity contribution in [3.05, 3.63) is 27.2 Å². The molecule has 120 valence electrons. The Bertz CT molecular complexity index is 793. The van der Waals surface area contributed by atoms with E-state index in [1.165, 1.54) is 9.13 Å². The fraction of sp³-hybridized carbons (Fsp3) is 0.667. The van der Waals surface area contributed by atoms with E-state index in [-0.39, 0.29) is 17.4 Å². The third-order valence-electron chi connectivity index (χ3n) is 4.78. The molecule has 0 saturated heterocycles. The Balaban J connectivity index is 1.89. The number of hydrogen-bond donors (Lipinski definition) is 1. The van der Waals surface area contributed by atoms with Gasteiger partial charge in [-0.1, -0.05) is 0 Å². The number of imidazole rings is 1. The summed E-state index contributed by atoms with van der Waals surface area (Å²) in [5.41, 5.74) is 0.302. The summed E-state index contributed by atoms with van der Waals surface area (Å²) in [5.74, 6) is 0.474. The molecule has 7 nitrogen and oxygen atoms in total. The van der Waals surface area contributed by atoms with Gasteiger partial charge >= 0.3 is 5.69 Å². The van der Waals surface area contributed by atoms with Crippen molar-refractivity contribution in [2.24, 2.45) is 20.0 Å². The predicted octanol–water partition coefficient (Wildman–Crippen LogP) is 0.375. The first kappa shape index (κ1) is 15.0. The highest BCUT2D eigenvalue weighted by molar-refractivity contribution is 5.69. The zero-order chi connectivity index (χ0) is 15.9. The lowest BCUT2D eigenvalue weighted by Crippen LogP contribution is -2.40. The SMILES string of the molecule is Cn1cnc2c1c(=O)n(CC[C@H]1CC[C@H](O)CC1)c(=O)n2C. The van der Waals surface area contributed by atoms with E-state index in [1.807, 2.05) is 0 Å². The largest absolute Gasteiger partial charge is 0.393 e. The van der Waals surface area contributed by atoms with Crippen molar-refractivity contribution in [2.45, 2.75) is 44.8 Å². The van der Waals surface area contributed by atoms with Gasteiger partial charge in [-0.25, -0.2) is 9.78 Å². The maximum absolute atomic E-state index is 12.6. The van der Waals surface area contributed by atoms with Crippen molar-refractivity contribution in [3.8, 4) is 0 Å². The number of fused-ring (bicyclic) bond motifs is 1. The summed E-state index contributed by atoms with van der Waals surface area (Å²) in [4.78, 5) is 29.1. The van der Waals surface area contributed by atoms with Gasteiger partial charge in [0.25, 0.3) is 5.56 Å². The second-order valence-electron chi connectivity index (χ2n) is 6.29. The van der Waals surface area contributed by atoms with Gasteiger partial charge < -0.3 is 9.67 Å². The van der Waals surface area contributed by atoms with E-state index in [1.54, 1.807) is 25.0 Å². The second kappa shape index (κ2) is 5.72. The molecule has 0 bridgehead atoms. The Morgan fingerprint density at radius 3 is 2.59 bits per heavy atom. The minimum atomic E-state index is -0.313. The number of aromatic nitrogens is 4. The van der Waals surface area contributed by atoms with Crippen molar-refractivity contribution in [3.63, 3.8) is 0 Å². The van der Waals surface area contributed by atoms with Crippen LogP contribution in [0.25, 0.3) is 11.2 Å². The average molecular weight is 306 g/mol. The normalized spacial score (nSPS) is 22.3. The Hall–Kier alpha value is -1.89. The molecule has 1 aliphatic carbocycles. The first-order chi connectivity index (χ1) is 10.5. The quantitative estimate of drug-likeness (QED) is 0.888. The zero-order valence-corrected chi connectivity index (χ0v) is 13.0. The number of aliphatic hydroxyl groups excluding tert-OH is 1. The van der Waals surface area contributed by atoms with Crippen LogP contribution >= 0.6 is 0 Å². The molecule has 0 aromatic carbocycles. The summed E-state index contributed by atoms with van der Waals surface area (Å²) in [7, 11) is 3.40. The topological polar surface area (TPSA) is 82.1 Å². The molecular formula is C15H22N4O3. The molecule has 0 unspecified atom stereocenters. The molecule has 0 amide bonds. The van der Waals surface area contributed by atoms with E-state index in [0.29, 0.717) is 23.6 Å². The molecule has 1 N–H and O–H groups in total. The van der Waals surface area contributed by atoms with Crippen molar-refractivity contribution < 1.29 is 5.11 Å². The van der Waals surface area contributed by atoms with Crippen molar-refractivity contribution in [1.82, 2.24) is 18.7 Å². The van der Waals surface area contributed by atoms with Crippen molar-refractivity contribution in [2.75, 3.05) is 0 Å². The molecule has 0 radical (unpaired) electrons. The molecule has 0 spiro atoms. The fourth-order valence-electron chi connectivity index (χ4n) is 3.34. The average Bonchev–Trinajstić information content (AvgIpc) is 2.89. The minimum Gasteiger partial charge on any atom is -0.393 e. The summed E-state index contributed by atoms with van der Waals surface area (Å²) in [5, 5.41) is 9.54. The molecule has 0 atom stereocenters. The molecule has 7 heteroatoms. The van der Waals surface area contributed by atoms with Crippen LogP contribution in [0.1, 0.15) is 32.1 Å². The Morgan fingerprint density at radius 1 is 1.23 bits per heavy atom. The smallest absolute Gasteiger partial charge is 0.332 e. The van der Waals surface area contributed by atoms with E-state index in [4.69, 9.17) is 0 Å². The van der Waals surface area contributed by atoms with E-state index in [2.05, 4.69) is 4.98 Å². The highest BCUT2D eigenvalue weighted by atomic mass is 16.3. The first-order valence-corrected chi connectivity index (χ1v) is 7.78. The van der Waals surface area contributed by atoms with Crippen LogP contribution in [0.3, 0.4) is 0 Å². The van der Waals surface area contributed by atoms with Crippen LogP contribution in [-0.2, 0) is 20.6 Å². The third-order valence-corrected chi connectivity index (χ3v) is 4.78. The highest BCUT2D eigenvalue weighted by Crippen LogP contribution is 2.26. The van der Waals surface area contributed by atoms with Crippen LogP contribution in [0, 0.1) is 5.92 Å². The van der Waals surface area contributed by atoms with Gasteiger partial charge in [-0.05, 0) is 38.0 Å². The van der Waals surface area contributed by atoms with Gasteiger partial charge in [-0.15, -0.1) is 0 Å². The summed E-state index contributed by atoms with van der Waals surface area (Å²) in [6, 6.07) is 0. The lowest BCUT2D eigenvalue weighted by molar-refractivity contribution is 0.105. The summed E-state index contributed by atoms with van der Waals surface area (Å²) in [6.45, 7) is 0.424. The summed E-state index contributed by atoms with van der Waals surface area (Å²) < 4.78 is 4.40. The monoisotopic (exact) mass is 306 g/mol. The van der Waals surface area contributed by atoms with Gasteiger partial charge in [-0.2, -0.15) is 0 Å². The van der Waals surface area contributed by atoms with E-state index in [0.717, 1.165) is 32.1 Å². The highest BCUT2D eigenvalue weighted by Gasteiger charge is 2.20. The molecule has 2 aromatic heterocycles. The van der Waals surface area contributed by atoms with Gasteiger partial charge in [0.15, 0.2) is 11.2 Å². The molecule has 1 fully saturated rings. The zero-order valence-electron chi connectivity index (χ0n) is 13.0. The van der Waals surface area contributed by atoms with Gasteiger partial charge in [0, 0.05) is 20.6 Å². The standard InChI is InChI=1S/C15H22N4O3/c1-17-9-16-13-12(17)14(21)19(15(22)18(13)2)8-7-10-3-5-11(20)6-4-10/h9-11,20H,3-8H2,1-2H3/t10-,11-. The number of aliphatic hydroxyl groups is 1. The van der Waals surface area contributed by atoms with Gasteiger partial charge in [0.05, 0.1) is 12.4 Å². The maximum Gasteiger partial charge on any atom is 0.332 e. The van der Waals surface area contributed by atoms with Crippen molar-refractivity contribution >= 4 is 11.2 Å². The molecule has 0 aliphatic heterocycles. The third kappa shape index (κ3) is 2.49. The molecule has 1 aliphatic rings. The molecule has 22 heavy (non-hydrogen) atoms. The van der Waals surface area contributed by atoms with Crippen LogP contribution in [0.2, 0.25) is 0 Å². The lowest BCUT2D eigenvalue weighted by atomic mass is 9.85. The minimum absolute atomic E-state index is 0.183. The molecule has 1 saturated carbocycles. The number of rotatable bonds is 3. The van der Waals surface area contributed by atoms with Crippen LogP contribution in [0.5, 0.6) is 0 Å². The van der Waals surface area contributed by atoms with Crippen LogP contribution in [0.15, 0.2) is 15.9 Å². The van der Waals surface area contributed by atoms with Gasteiger partial charge in [-0.3, -0.25) is 13.9 Å². The number of hydrogen-bond acceptors (Lipinski definition) is 4. The van der Waals surface area contributed by atoms with Crippen LogP contribution in [0.4, 0.5) is 0 Å². The first-order valence-electron chi connectivity index (χ1n) is 7.78. The fourth-order valence-corrected chi connectivity index (χ4v) is 3.34. The Labute approximate surface area is 127 Å². The molecule has 2 heterocycles. The second-order valence-corrected chi connectivity index (χ2v) is 6.29. The lowest BCUT2D eigenvalue weighted by Gasteiger charge is -2.25. The predicted molar refractivity (Wildman–Crippen MR) is 82.8 cm³/mol. The van der Waals surface area contributed by atoms with E-state index < -0.39 is 0 Å². The van der Waals surface area contributed by atoms with Crippen LogP contribution in [-0.4, -0.2) is 29.9 Å². The number of aryl methyl sites for hydroxylation is 2. The van der Waals surface area contributed by atoms with E-state index >= 15 is 0 Å². The van der Waals surface area contributed by atoms with Crippen LogP contribution < -0.4 is 11.2 Å². The molecule has 3 rings (SSSR count). The Kier molecular flexibility index (Phi) is 3.90. The Morgan fingerprint density at radius 2 is 1.91 bits per heavy atom. The van der Waals surface area contributed by atoms with Gasteiger partial charge in [0.2, 0.25) is 0 Å². The maximum atomic E-state index is 12.6. The molecular weight excluding hydrogens is 284 g/mol. The summed E-state index contributed by atoms with van der Waals surface area (Å²) in [6.07, 6.45) is 5.73.